The minimum Gasteiger partial charge on any atom is -0.353 e. The number of likely N-dealkylation sites (N-methyl/N-ethyl adjacent to an activating group) is 1. The molecular formula is C28H37FN6O2. The molecule has 9 heteroatoms. The number of amides is 2. The molecule has 0 saturated carbocycles. The summed E-state index contributed by atoms with van der Waals surface area (Å²) in [5.41, 5.74) is 1.42. The van der Waals surface area contributed by atoms with E-state index in [2.05, 4.69) is 32.6 Å². The van der Waals surface area contributed by atoms with E-state index in [9.17, 15) is 14.0 Å². The third kappa shape index (κ3) is 6.72. The number of hydrogen-bond acceptors (Lipinski definition) is 5. The van der Waals surface area contributed by atoms with Gasteiger partial charge in [0, 0.05) is 44.7 Å². The Labute approximate surface area is 217 Å². The number of piperazine rings is 1. The van der Waals surface area contributed by atoms with Gasteiger partial charge in [-0.1, -0.05) is 51.1 Å². The summed E-state index contributed by atoms with van der Waals surface area (Å²) in [5, 5.41) is 11.3. The fourth-order valence-electron chi connectivity index (χ4n) is 4.56. The molecule has 2 N–H and O–H groups in total. The minimum absolute atomic E-state index is 0.204. The second-order valence-electron chi connectivity index (χ2n) is 10.9. The standard InChI is InChI=1S/C28H37FN6O2/c1-28(2,3)25(27(37)30-13-14-34-17-15-33(4)16-18-34)31-26(36)24-22-7-5-6-8-23(22)35(32-24)19-20-9-11-21(29)12-10-20/h5-12,25H,13-19H2,1-4H3,(H,30,37)(H,31,36)/t25-/m1/s1. The quantitative estimate of drug-likeness (QED) is 0.489. The number of fused-ring (bicyclic) bond motifs is 1. The van der Waals surface area contributed by atoms with Gasteiger partial charge in [-0.15, -0.1) is 0 Å². The highest BCUT2D eigenvalue weighted by Gasteiger charge is 2.34. The lowest BCUT2D eigenvalue weighted by Gasteiger charge is -2.33. The van der Waals surface area contributed by atoms with Crippen molar-refractivity contribution >= 4 is 22.7 Å². The molecule has 1 fully saturated rings. The summed E-state index contributed by atoms with van der Waals surface area (Å²) < 4.78 is 15.1. The molecule has 0 bridgehead atoms. The monoisotopic (exact) mass is 508 g/mol. The van der Waals surface area contributed by atoms with Crippen LogP contribution in [0, 0.1) is 11.2 Å². The average molecular weight is 509 g/mol. The van der Waals surface area contributed by atoms with Gasteiger partial charge in [0.1, 0.15) is 11.9 Å². The SMILES string of the molecule is CN1CCN(CCNC(=O)[C@@H](NC(=O)c2nn(Cc3ccc(F)cc3)c3ccccc23)C(C)(C)C)CC1. The fraction of sp³-hybridized carbons (Fsp3) is 0.464. The van der Waals surface area contributed by atoms with Crippen LogP contribution in [0.15, 0.2) is 48.5 Å². The van der Waals surface area contributed by atoms with Gasteiger partial charge in [0.2, 0.25) is 5.91 Å². The predicted octanol–water partition coefficient (Wildman–Crippen LogP) is 2.73. The Morgan fingerprint density at radius 2 is 1.70 bits per heavy atom. The number of aromatic nitrogens is 2. The summed E-state index contributed by atoms with van der Waals surface area (Å²) in [6.07, 6.45) is 0. The Balaban J connectivity index is 1.47. The number of nitrogens with one attached hydrogen (secondary N) is 2. The smallest absolute Gasteiger partial charge is 0.273 e. The van der Waals surface area contributed by atoms with Gasteiger partial charge in [-0.25, -0.2) is 4.39 Å². The first-order valence-corrected chi connectivity index (χ1v) is 12.8. The summed E-state index contributed by atoms with van der Waals surface area (Å²) in [6, 6.07) is 13.0. The molecule has 1 saturated heterocycles. The molecule has 2 aromatic carbocycles. The van der Waals surface area contributed by atoms with Gasteiger partial charge in [-0.2, -0.15) is 5.10 Å². The molecule has 0 spiro atoms. The van der Waals surface area contributed by atoms with Gasteiger partial charge >= 0.3 is 0 Å². The lowest BCUT2D eigenvalue weighted by Crippen LogP contribution is -2.55. The highest BCUT2D eigenvalue weighted by atomic mass is 19.1. The maximum atomic E-state index is 13.5. The van der Waals surface area contributed by atoms with Crippen molar-refractivity contribution in [1.82, 2.24) is 30.2 Å². The third-order valence-electron chi connectivity index (χ3n) is 6.85. The molecule has 37 heavy (non-hydrogen) atoms. The van der Waals surface area contributed by atoms with Crippen LogP contribution in [0.1, 0.15) is 36.8 Å². The van der Waals surface area contributed by atoms with Crippen LogP contribution >= 0.6 is 0 Å². The minimum atomic E-state index is -0.728. The van der Waals surface area contributed by atoms with Gasteiger partial charge in [-0.05, 0) is 36.2 Å². The van der Waals surface area contributed by atoms with Crippen molar-refractivity contribution in [3.8, 4) is 0 Å². The number of rotatable bonds is 8. The zero-order chi connectivity index (χ0) is 26.6. The predicted molar refractivity (Wildman–Crippen MR) is 143 cm³/mol. The van der Waals surface area contributed by atoms with Crippen molar-refractivity contribution < 1.29 is 14.0 Å². The van der Waals surface area contributed by atoms with Gasteiger partial charge in [0.15, 0.2) is 5.69 Å². The van der Waals surface area contributed by atoms with Crippen molar-refractivity contribution in [2.24, 2.45) is 5.41 Å². The zero-order valence-electron chi connectivity index (χ0n) is 22.1. The molecular weight excluding hydrogens is 471 g/mol. The van der Waals surface area contributed by atoms with E-state index in [0.29, 0.717) is 18.5 Å². The summed E-state index contributed by atoms with van der Waals surface area (Å²) in [6.45, 7) is 11.5. The van der Waals surface area contributed by atoms with Crippen LogP contribution in [0.4, 0.5) is 4.39 Å². The maximum absolute atomic E-state index is 13.5. The Morgan fingerprint density at radius 1 is 1.03 bits per heavy atom. The molecule has 198 valence electrons. The molecule has 2 amide bonds. The largest absolute Gasteiger partial charge is 0.353 e. The highest BCUT2D eigenvalue weighted by Crippen LogP contribution is 2.23. The second-order valence-corrected chi connectivity index (χ2v) is 10.9. The Bertz CT molecular complexity index is 1230. The lowest BCUT2D eigenvalue weighted by molar-refractivity contribution is -0.125. The van der Waals surface area contributed by atoms with E-state index in [4.69, 9.17) is 0 Å². The van der Waals surface area contributed by atoms with E-state index >= 15 is 0 Å². The number of benzene rings is 2. The third-order valence-corrected chi connectivity index (χ3v) is 6.85. The summed E-state index contributed by atoms with van der Waals surface area (Å²) in [7, 11) is 2.12. The fourth-order valence-corrected chi connectivity index (χ4v) is 4.56. The van der Waals surface area contributed by atoms with Crippen molar-refractivity contribution in [2.45, 2.75) is 33.4 Å². The first-order valence-electron chi connectivity index (χ1n) is 12.8. The van der Waals surface area contributed by atoms with Crippen LogP contribution < -0.4 is 10.6 Å². The van der Waals surface area contributed by atoms with Crippen LogP contribution in [0.3, 0.4) is 0 Å². The number of halogens is 1. The number of para-hydroxylation sites is 1. The molecule has 1 aromatic heterocycles. The first-order chi connectivity index (χ1) is 17.6. The summed E-state index contributed by atoms with van der Waals surface area (Å²) in [4.78, 5) is 31.3. The van der Waals surface area contributed by atoms with E-state index < -0.39 is 17.4 Å². The van der Waals surface area contributed by atoms with E-state index in [1.807, 2.05) is 45.0 Å². The Morgan fingerprint density at radius 3 is 2.38 bits per heavy atom. The molecule has 4 rings (SSSR count). The summed E-state index contributed by atoms with van der Waals surface area (Å²) >= 11 is 0. The molecule has 3 aromatic rings. The summed E-state index contributed by atoms with van der Waals surface area (Å²) in [5.74, 6) is -0.905. The highest BCUT2D eigenvalue weighted by molar-refractivity contribution is 6.06. The van der Waals surface area contributed by atoms with Gasteiger partial charge in [-0.3, -0.25) is 19.2 Å². The van der Waals surface area contributed by atoms with Crippen LogP contribution in [0.2, 0.25) is 0 Å². The normalized spacial score (nSPS) is 16.0. The molecule has 8 nitrogen and oxygen atoms in total. The molecule has 1 aliphatic rings. The van der Waals surface area contributed by atoms with Gasteiger partial charge < -0.3 is 15.5 Å². The molecule has 0 unspecified atom stereocenters. The molecule has 0 aliphatic carbocycles. The number of nitrogens with zero attached hydrogens (tertiary/aromatic N) is 4. The van der Waals surface area contributed by atoms with E-state index in [-0.39, 0.29) is 17.4 Å². The zero-order valence-corrected chi connectivity index (χ0v) is 22.1. The lowest BCUT2D eigenvalue weighted by atomic mass is 9.86. The molecule has 1 atom stereocenters. The Hall–Kier alpha value is -3.30. The molecule has 1 aliphatic heterocycles. The topological polar surface area (TPSA) is 82.5 Å². The van der Waals surface area contributed by atoms with Crippen molar-refractivity contribution in [2.75, 3.05) is 46.3 Å². The van der Waals surface area contributed by atoms with Crippen LogP contribution in [-0.2, 0) is 11.3 Å². The first kappa shape index (κ1) is 26.8. The van der Waals surface area contributed by atoms with Crippen LogP contribution in [-0.4, -0.2) is 83.8 Å². The van der Waals surface area contributed by atoms with Gasteiger partial charge in [0.05, 0.1) is 12.1 Å². The van der Waals surface area contributed by atoms with Gasteiger partial charge in [0.25, 0.3) is 5.91 Å². The number of hydrogen-bond donors (Lipinski definition) is 2. The average Bonchev–Trinajstić information content (AvgIpc) is 3.23. The van der Waals surface area contributed by atoms with E-state index in [1.54, 1.807) is 16.8 Å². The van der Waals surface area contributed by atoms with E-state index in [1.165, 1.54) is 12.1 Å². The van der Waals surface area contributed by atoms with Crippen molar-refractivity contribution in [3.63, 3.8) is 0 Å². The second kappa shape index (κ2) is 11.4. The number of carbonyl (C=O) groups excluding carboxylic acids is 2. The molecule has 2 heterocycles. The molecule has 0 radical (unpaired) electrons. The maximum Gasteiger partial charge on any atom is 0.273 e. The van der Waals surface area contributed by atoms with Crippen LogP contribution in [0.5, 0.6) is 0 Å². The number of carbonyl (C=O) groups is 2. The van der Waals surface area contributed by atoms with Crippen LogP contribution in [0.25, 0.3) is 10.9 Å². The van der Waals surface area contributed by atoms with Crippen molar-refractivity contribution in [1.29, 1.82) is 0 Å². The Kier molecular flexibility index (Phi) is 8.24. The van der Waals surface area contributed by atoms with E-state index in [0.717, 1.165) is 43.8 Å². The van der Waals surface area contributed by atoms with Crippen molar-refractivity contribution in [3.05, 3.63) is 65.6 Å².